The van der Waals surface area contributed by atoms with Gasteiger partial charge in [0, 0.05) is 11.7 Å². The van der Waals surface area contributed by atoms with Crippen molar-refractivity contribution in [1.29, 1.82) is 0 Å². The van der Waals surface area contributed by atoms with Crippen LogP contribution in [0.4, 0.5) is 0 Å². The third-order valence-corrected chi connectivity index (χ3v) is 3.09. The number of aromatic nitrogens is 2. The Balaban J connectivity index is 2.33. The molecule has 0 fully saturated rings. The minimum Gasteiger partial charge on any atom is -0.481 e. The lowest BCUT2D eigenvalue weighted by molar-refractivity contribution is -0.136. The highest BCUT2D eigenvalue weighted by atomic mass is 32.2. The van der Waals surface area contributed by atoms with Gasteiger partial charge in [0.05, 0.1) is 12.2 Å². The molecule has 16 heavy (non-hydrogen) atoms. The molecule has 0 saturated heterocycles. The van der Waals surface area contributed by atoms with E-state index >= 15 is 0 Å². The van der Waals surface area contributed by atoms with Crippen LogP contribution in [0.2, 0.25) is 0 Å². The Hall–Kier alpha value is -1.04. The standard InChI is InChI=1S/C10H16N2O3S/c1-3-4-8-11-9(15-12-8)6-16-7(2)5-10(13)14/h7H,3-6H2,1-2H3,(H,13,14). The molecule has 0 aromatic carbocycles. The van der Waals surface area contributed by atoms with Gasteiger partial charge in [-0.3, -0.25) is 4.79 Å². The number of carboxylic acid groups (broad SMARTS) is 1. The van der Waals surface area contributed by atoms with Gasteiger partial charge in [-0.2, -0.15) is 4.98 Å². The lowest BCUT2D eigenvalue weighted by Crippen LogP contribution is -2.05. The van der Waals surface area contributed by atoms with Crippen molar-refractivity contribution in [2.45, 2.75) is 44.1 Å². The summed E-state index contributed by atoms with van der Waals surface area (Å²) >= 11 is 1.51. The molecule has 0 saturated carbocycles. The maximum Gasteiger partial charge on any atom is 0.304 e. The van der Waals surface area contributed by atoms with E-state index in [0.717, 1.165) is 18.7 Å². The van der Waals surface area contributed by atoms with Crippen LogP contribution in [0.1, 0.15) is 38.4 Å². The fourth-order valence-corrected chi connectivity index (χ4v) is 2.00. The zero-order valence-electron chi connectivity index (χ0n) is 9.47. The van der Waals surface area contributed by atoms with Crippen LogP contribution >= 0.6 is 11.8 Å². The van der Waals surface area contributed by atoms with Crippen molar-refractivity contribution >= 4 is 17.7 Å². The fraction of sp³-hybridized carbons (Fsp3) is 0.700. The normalized spacial score (nSPS) is 12.6. The van der Waals surface area contributed by atoms with E-state index in [1.807, 2.05) is 6.92 Å². The summed E-state index contributed by atoms with van der Waals surface area (Å²) in [5.74, 6) is 1.09. The number of aryl methyl sites for hydroxylation is 1. The number of thioether (sulfide) groups is 1. The maximum absolute atomic E-state index is 10.4. The molecule has 6 heteroatoms. The van der Waals surface area contributed by atoms with Crippen LogP contribution < -0.4 is 0 Å². The van der Waals surface area contributed by atoms with Crippen LogP contribution in [0.5, 0.6) is 0 Å². The van der Waals surface area contributed by atoms with Gasteiger partial charge >= 0.3 is 5.97 Å². The van der Waals surface area contributed by atoms with E-state index in [1.165, 1.54) is 11.8 Å². The van der Waals surface area contributed by atoms with E-state index in [2.05, 4.69) is 17.1 Å². The summed E-state index contributed by atoms with van der Waals surface area (Å²) in [7, 11) is 0. The molecule has 1 N–H and O–H groups in total. The summed E-state index contributed by atoms with van der Waals surface area (Å²) in [5, 5.41) is 12.5. The van der Waals surface area contributed by atoms with E-state index in [9.17, 15) is 4.79 Å². The molecular weight excluding hydrogens is 228 g/mol. The van der Waals surface area contributed by atoms with Crippen LogP contribution in [0.15, 0.2) is 4.52 Å². The first-order chi connectivity index (χ1) is 7.61. The predicted molar refractivity (Wildman–Crippen MR) is 61.3 cm³/mol. The number of carboxylic acids is 1. The van der Waals surface area contributed by atoms with E-state index in [1.54, 1.807) is 0 Å². The molecule has 0 aliphatic rings. The van der Waals surface area contributed by atoms with E-state index in [4.69, 9.17) is 9.63 Å². The number of aliphatic carboxylic acids is 1. The first kappa shape index (κ1) is 13.0. The molecule has 90 valence electrons. The Morgan fingerprint density at radius 1 is 1.62 bits per heavy atom. The van der Waals surface area contributed by atoms with Crippen LogP contribution in [0, 0.1) is 0 Å². The summed E-state index contributed by atoms with van der Waals surface area (Å²) in [4.78, 5) is 14.7. The Morgan fingerprint density at radius 2 is 2.38 bits per heavy atom. The van der Waals surface area contributed by atoms with Gasteiger partial charge in [0.25, 0.3) is 0 Å². The fourth-order valence-electron chi connectivity index (χ4n) is 1.19. The lowest BCUT2D eigenvalue weighted by atomic mass is 10.3. The zero-order valence-corrected chi connectivity index (χ0v) is 10.3. The van der Waals surface area contributed by atoms with Crippen molar-refractivity contribution in [1.82, 2.24) is 10.1 Å². The summed E-state index contributed by atoms with van der Waals surface area (Å²) in [5.41, 5.74) is 0. The quantitative estimate of drug-likeness (QED) is 0.791. The molecule has 0 amide bonds. The molecule has 0 aliphatic heterocycles. The van der Waals surface area contributed by atoms with Gasteiger partial charge in [-0.25, -0.2) is 0 Å². The maximum atomic E-state index is 10.4. The number of carbonyl (C=O) groups is 1. The topological polar surface area (TPSA) is 76.2 Å². The minimum atomic E-state index is -0.780. The average molecular weight is 244 g/mol. The first-order valence-corrected chi connectivity index (χ1v) is 6.31. The number of hydrogen-bond donors (Lipinski definition) is 1. The number of nitrogens with zero attached hydrogens (tertiary/aromatic N) is 2. The van der Waals surface area contributed by atoms with Crippen molar-refractivity contribution in [3.05, 3.63) is 11.7 Å². The highest BCUT2D eigenvalue weighted by molar-refractivity contribution is 7.99. The molecule has 1 unspecified atom stereocenters. The third kappa shape index (κ3) is 4.65. The van der Waals surface area contributed by atoms with Crippen molar-refractivity contribution in [3.63, 3.8) is 0 Å². The van der Waals surface area contributed by atoms with Crippen molar-refractivity contribution in [2.24, 2.45) is 0 Å². The van der Waals surface area contributed by atoms with Gasteiger partial charge in [0.1, 0.15) is 0 Å². The molecule has 1 aromatic heterocycles. The van der Waals surface area contributed by atoms with Crippen molar-refractivity contribution in [2.75, 3.05) is 0 Å². The molecule has 1 atom stereocenters. The van der Waals surface area contributed by atoms with Gasteiger partial charge < -0.3 is 9.63 Å². The van der Waals surface area contributed by atoms with Gasteiger partial charge in [-0.1, -0.05) is 19.0 Å². The Bertz CT molecular complexity index is 341. The summed E-state index contributed by atoms with van der Waals surface area (Å²) < 4.78 is 5.04. The SMILES string of the molecule is CCCc1noc(CSC(C)CC(=O)O)n1. The van der Waals surface area contributed by atoms with Crippen LogP contribution in [0.25, 0.3) is 0 Å². The van der Waals surface area contributed by atoms with Crippen LogP contribution in [-0.2, 0) is 17.0 Å². The number of hydrogen-bond acceptors (Lipinski definition) is 5. The Morgan fingerprint density at radius 3 is 3.00 bits per heavy atom. The molecule has 1 heterocycles. The van der Waals surface area contributed by atoms with E-state index in [-0.39, 0.29) is 11.7 Å². The summed E-state index contributed by atoms with van der Waals surface area (Å²) in [6.07, 6.45) is 1.96. The highest BCUT2D eigenvalue weighted by Gasteiger charge is 2.11. The smallest absolute Gasteiger partial charge is 0.304 e. The first-order valence-electron chi connectivity index (χ1n) is 5.26. The number of rotatable bonds is 7. The molecule has 5 nitrogen and oxygen atoms in total. The lowest BCUT2D eigenvalue weighted by Gasteiger charge is -2.04. The molecule has 0 radical (unpaired) electrons. The third-order valence-electron chi connectivity index (χ3n) is 1.94. The molecule has 0 aliphatic carbocycles. The van der Waals surface area contributed by atoms with E-state index < -0.39 is 5.97 Å². The van der Waals surface area contributed by atoms with Gasteiger partial charge in [-0.05, 0) is 6.42 Å². The molecule has 1 rings (SSSR count). The largest absolute Gasteiger partial charge is 0.481 e. The molecule has 0 bridgehead atoms. The summed E-state index contributed by atoms with van der Waals surface area (Å²) in [6, 6.07) is 0. The van der Waals surface area contributed by atoms with Gasteiger partial charge in [0.2, 0.25) is 5.89 Å². The van der Waals surface area contributed by atoms with Crippen molar-refractivity contribution in [3.8, 4) is 0 Å². The molecule has 1 aromatic rings. The van der Waals surface area contributed by atoms with Gasteiger partial charge in [-0.15, -0.1) is 11.8 Å². The second kappa shape index (κ2) is 6.52. The predicted octanol–water partition coefficient (Wildman–Crippen LogP) is 2.12. The minimum absolute atomic E-state index is 0.0547. The van der Waals surface area contributed by atoms with Crippen molar-refractivity contribution < 1.29 is 14.4 Å². The Labute approximate surface area is 98.6 Å². The van der Waals surface area contributed by atoms with E-state index in [0.29, 0.717) is 11.6 Å². The highest BCUT2D eigenvalue weighted by Crippen LogP contribution is 2.19. The second-order valence-electron chi connectivity index (χ2n) is 3.57. The second-order valence-corrected chi connectivity index (χ2v) is 5.00. The molecular formula is C10H16N2O3S. The summed E-state index contributed by atoms with van der Waals surface area (Å²) in [6.45, 7) is 3.93. The van der Waals surface area contributed by atoms with Crippen LogP contribution in [-0.4, -0.2) is 26.5 Å². The Kier molecular flexibility index (Phi) is 5.31. The zero-order chi connectivity index (χ0) is 12.0. The van der Waals surface area contributed by atoms with Crippen LogP contribution in [0.3, 0.4) is 0 Å². The molecule has 0 spiro atoms. The van der Waals surface area contributed by atoms with Gasteiger partial charge in [0.15, 0.2) is 5.82 Å². The average Bonchev–Trinajstić information content (AvgIpc) is 2.62. The monoisotopic (exact) mass is 244 g/mol.